The first-order chi connectivity index (χ1) is 5.65. The average molecular weight is 165 g/mol. The van der Waals surface area contributed by atoms with Gasteiger partial charge in [0.2, 0.25) is 0 Å². The van der Waals surface area contributed by atoms with Gasteiger partial charge in [0.1, 0.15) is 0 Å². The quantitative estimate of drug-likeness (QED) is 0.683. The molecule has 0 amide bonds. The molecule has 0 aliphatic rings. The Morgan fingerprint density at radius 3 is 2.75 bits per heavy atom. The molecule has 4 N–H and O–H groups in total. The van der Waals surface area contributed by atoms with Gasteiger partial charge in [-0.2, -0.15) is 0 Å². The fourth-order valence-corrected chi connectivity index (χ4v) is 1.17. The fraction of sp³-hybridized carbons (Fsp3) is 0.444. The fourth-order valence-electron chi connectivity index (χ4n) is 1.17. The number of hydrogen-bond acceptors (Lipinski definition) is 3. The molecule has 1 heterocycles. The van der Waals surface area contributed by atoms with Crippen LogP contribution in [0.3, 0.4) is 0 Å². The van der Waals surface area contributed by atoms with E-state index in [9.17, 15) is 0 Å². The summed E-state index contributed by atoms with van der Waals surface area (Å²) in [5.41, 5.74) is 14.4. The molecular formula is C9H15N3. The molecule has 1 rings (SSSR count). The summed E-state index contributed by atoms with van der Waals surface area (Å²) in [4.78, 5) is 4.21. The van der Waals surface area contributed by atoms with Crippen molar-refractivity contribution < 1.29 is 0 Å². The third-order valence-electron chi connectivity index (χ3n) is 1.91. The molecule has 1 aromatic rings. The first-order valence-corrected chi connectivity index (χ1v) is 4.06. The number of hydrogen-bond donors (Lipinski definition) is 2. The topological polar surface area (TPSA) is 64.9 Å². The predicted octanol–water partition coefficient (Wildman–Crippen LogP) is 0.868. The van der Waals surface area contributed by atoms with Crippen LogP contribution >= 0.6 is 0 Å². The van der Waals surface area contributed by atoms with Crippen molar-refractivity contribution >= 4 is 0 Å². The second-order valence-corrected chi connectivity index (χ2v) is 3.01. The summed E-state index contributed by atoms with van der Waals surface area (Å²) in [7, 11) is 0. The van der Waals surface area contributed by atoms with Gasteiger partial charge < -0.3 is 11.5 Å². The second kappa shape index (κ2) is 3.65. The average Bonchev–Trinajstić information content (AvgIpc) is 2.05. The molecule has 1 atom stereocenters. The van der Waals surface area contributed by atoms with Gasteiger partial charge in [-0.15, -0.1) is 0 Å². The predicted molar refractivity (Wildman–Crippen MR) is 49.5 cm³/mol. The van der Waals surface area contributed by atoms with Gasteiger partial charge in [0.25, 0.3) is 0 Å². The highest BCUT2D eigenvalue weighted by Gasteiger charge is 2.04. The highest BCUT2D eigenvalue weighted by molar-refractivity contribution is 5.26. The molecule has 3 heteroatoms. The molecule has 0 aromatic carbocycles. The van der Waals surface area contributed by atoms with E-state index in [4.69, 9.17) is 11.5 Å². The largest absolute Gasteiger partial charge is 0.326 e. The standard InChI is InChI=1S/C9H15N3/c1-6(11)9-3-8(4-10)5-12-7(9)2/h3,5-6H,4,10-11H2,1-2H3. The van der Waals surface area contributed by atoms with E-state index >= 15 is 0 Å². The highest BCUT2D eigenvalue weighted by atomic mass is 14.7. The Morgan fingerprint density at radius 2 is 2.25 bits per heavy atom. The van der Waals surface area contributed by atoms with Gasteiger partial charge in [0.05, 0.1) is 0 Å². The van der Waals surface area contributed by atoms with E-state index in [1.54, 1.807) is 6.20 Å². The van der Waals surface area contributed by atoms with E-state index in [0.29, 0.717) is 6.54 Å². The minimum absolute atomic E-state index is 0.0315. The molecule has 1 unspecified atom stereocenters. The summed E-state index contributed by atoms with van der Waals surface area (Å²) in [5.74, 6) is 0. The van der Waals surface area contributed by atoms with Crippen LogP contribution < -0.4 is 11.5 Å². The minimum atomic E-state index is 0.0315. The van der Waals surface area contributed by atoms with Crippen LogP contribution in [0.2, 0.25) is 0 Å². The molecule has 66 valence electrons. The van der Waals surface area contributed by atoms with Crippen molar-refractivity contribution in [2.45, 2.75) is 26.4 Å². The van der Waals surface area contributed by atoms with Crippen molar-refractivity contribution in [3.8, 4) is 0 Å². The van der Waals surface area contributed by atoms with Crippen LogP contribution in [0.1, 0.15) is 29.8 Å². The molecule has 12 heavy (non-hydrogen) atoms. The number of pyridine rings is 1. The number of nitrogens with two attached hydrogens (primary N) is 2. The Labute approximate surface area is 72.8 Å². The smallest absolute Gasteiger partial charge is 0.0420 e. The summed E-state index contributed by atoms with van der Waals surface area (Å²) >= 11 is 0. The van der Waals surface area contributed by atoms with Gasteiger partial charge in [-0.3, -0.25) is 4.98 Å². The number of nitrogens with zero attached hydrogens (tertiary/aromatic N) is 1. The molecule has 0 aliphatic heterocycles. The van der Waals surface area contributed by atoms with Crippen molar-refractivity contribution in [1.82, 2.24) is 4.98 Å². The third-order valence-corrected chi connectivity index (χ3v) is 1.91. The van der Waals surface area contributed by atoms with E-state index in [2.05, 4.69) is 4.98 Å². The zero-order valence-corrected chi connectivity index (χ0v) is 7.54. The third kappa shape index (κ3) is 1.81. The zero-order chi connectivity index (χ0) is 9.14. The molecule has 3 nitrogen and oxygen atoms in total. The molecule has 0 radical (unpaired) electrons. The molecule has 0 aliphatic carbocycles. The Balaban J connectivity index is 3.08. The van der Waals surface area contributed by atoms with Crippen LogP contribution in [0.25, 0.3) is 0 Å². The first-order valence-electron chi connectivity index (χ1n) is 4.06. The Kier molecular flexibility index (Phi) is 2.78. The van der Waals surface area contributed by atoms with Gasteiger partial charge in [0.15, 0.2) is 0 Å². The van der Waals surface area contributed by atoms with E-state index in [1.807, 2.05) is 19.9 Å². The maximum absolute atomic E-state index is 5.76. The Bertz CT molecular complexity index is 268. The number of aromatic nitrogens is 1. The molecule has 1 aromatic heterocycles. The normalized spacial score (nSPS) is 13.0. The number of aryl methyl sites for hydroxylation is 1. The van der Waals surface area contributed by atoms with Crippen LogP contribution in [0.15, 0.2) is 12.3 Å². The molecule has 0 saturated carbocycles. The van der Waals surface area contributed by atoms with Crippen LogP contribution in [-0.4, -0.2) is 4.98 Å². The van der Waals surface area contributed by atoms with E-state index in [-0.39, 0.29) is 6.04 Å². The van der Waals surface area contributed by atoms with Gasteiger partial charge >= 0.3 is 0 Å². The minimum Gasteiger partial charge on any atom is -0.326 e. The lowest BCUT2D eigenvalue weighted by molar-refractivity contribution is 0.794. The van der Waals surface area contributed by atoms with Crippen molar-refractivity contribution in [2.75, 3.05) is 0 Å². The van der Waals surface area contributed by atoms with E-state index in [1.165, 1.54) is 0 Å². The second-order valence-electron chi connectivity index (χ2n) is 3.01. The zero-order valence-electron chi connectivity index (χ0n) is 7.54. The van der Waals surface area contributed by atoms with E-state index < -0.39 is 0 Å². The summed E-state index contributed by atoms with van der Waals surface area (Å²) in [5, 5.41) is 0. The highest BCUT2D eigenvalue weighted by Crippen LogP contribution is 2.14. The van der Waals surface area contributed by atoms with Crippen molar-refractivity contribution in [3.63, 3.8) is 0 Å². The molecule has 0 saturated heterocycles. The van der Waals surface area contributed by atoms with Crippen LogP contribution in [0, 0.1) is 6.92 Å². The maximum Gasteiger partial charge on any atom is 0.0420 e. The van der Waals surface area contributed by atoms with Crippen LogP contribution in [-0.2, 0) is 6.54 Å². The molecule has 0 bridgehead atoms. The summed E-state index contributed by atoms with van der Waals surface area (Å²) < 4.78 is 0. The Hall–Kier alpha value is -0.930. The Morgan fingerprint density at radius 1 is 1.58 bits per heavy atom. The van der Waals surface area contributed by atoms with Gasteiger partial charge in [-0.1, -0.05) is 0 Å². The van der Waals surface area contributed by atoms with Gasteiger partial charge in [-0.05, 0) is 31.0 Å². The van der Waals surface area contributed by atoms with E-state index in [0.717, 1.165) is 16.8 Å². The van der Waals surface area contributed by atoms with Gasteiger partial charge in [-0.25, -0.2) is 0 Å². The summed E-state index contributed by atoms with van der Waals surface area (Å²) in [6, 6.07) is 2.05. The molecule has 0 spiro atoms. The van der Waals surface area contributed by atoms with Gasteiger partial charge in [0, 0.05) is 24.5 Å². The summed E-state index contributed by atoms with van der Waals surface area (Å²) in [6.45, 7) is 4.43. The van der Waals surface area contributed by atoms with Crippen molar-refractivity contribution in [1.29, 1.82) is 0 Å². The summed E-state index contributed by atoms with van der Waals surface area (Å²) in [6.07, 6.45) is 1.79. The molecule has 0 fully saturated rings. The monoisotopic (exact) mass is 165 g/mol. The first kappa shape index (κ1) is 9.16. The molecular weight excluding hydrogens is 150 g/mol. The lowest BCUT2D eigenvalue weighted by Crippen LogP contribution is -2.09. The van der Waals surface area contributed by atoms with Crippen molar-refractivity contribution in [3.05, 3.63) is 29.1 Å². The lowest BCUT2D eigenvalue weighted by Gasteiger charge is -2.09. The van der Waals surface area contributed by atoms with Crippen LogP contribution in [0.5, 0.6) is 0 Å². The number of rotatable bonds is 2. The van der Waals surface area contributed by atoms with Crippen LogP contribution in [0.4, 0.5) is 0 Å². The maximum atomic E-state index is 5.76. The van der Waals surface area contributed by atoms with Crippen molar-refractivity contribution in [2.24, 2.45) is 11.5 Å². The lowest BCUT2D eigenvalue weighted by atomic mass is 10.1. The SMILES string of the molecule is Cc1ncc(CN)cc1C(C)N.